The summed E-state index contributed by atoms with van der Waals surface area (Å²) in [5.74, 6) is 0.359. The van der Waals surface area contributed by atoms with E-state index in [1.165, 1.54) is 5.56 Å². The summed E-state index contributed by atoms with van der Waals surface area (Å²) < 4.78 is 0. The molecule has 0 bridgehead atoms. The normalized spacial score (nSPS) is 12.8. The van der Waals surface area contributed by atoms with Crippen molar-refractivity contribution in [2.75, 3.05) is 0 Å². The minimum absolute atomic E-state index is 0.359. The molecule has 0 amide bonds. The molecule has 0 aliphatic rings. The molecule has 2 rings (SSSR count). The van der Waals surface area contributed by atoms with Crippen LogP contribution in [0.15, 0.2) is 54.6 Å². The number of rotatable bonds is 3. The molecule has 2 aromatic carbocycles. The summed E-state index contributed by atoms with van der Waals surface area (Å²) in [6.07, 6.45) is 4.28. The molecule has 0 heterocycles. The molecule has 92 valence electrons. The molecule has 0 aromatic heterocycles. The molecule has 2 heteroatoms. The predicted molar refractivity (Wildman–Crippen MR) is 80.4 cm³/mol. The van der Waals surface area contributed by atoms with Crippen molar-refractivity contribution >= 4 is 29.3 Å². The Kier molecular flexibility index (Phi) is 4.46. The fourth-order valence-corrected chi connectivity index (χ4v) is 1.96. The molecule has 0 saturated heterocycles. The Morgan fingerprint density at radius 1 is 0.833 bits per heavy atom. The van der Waals surface area contributed by atoms with Gasteiger partial charge in [-0.3, -0.25) is 0 Å². The molecule has 0 aliphatic carbocycles. The van der Waals surface area contributed by atoms with E-state index in [-0.39, 0.29) is 0 Å². The Balaban J connectivity index is 2.08. The van der Waals surface area contributed by atoms with Gasteiger partial charge in [-0.1, -0.05) is 66.5 Å². The standard InChI is InChI=1S/C16H14Cl2/c1-12(14-6-10-16(18)11-7-14)2-3-13-4-8-15(17)9-5-13/h2-12H,1H3/b3-2+/t12-/m0/s1. The second-order valence-electron chi connectivity index (χ2n) is 4.25. The third kappa shape index (κ3) is 3.63. The van der Waals surface area contributed by atoms with Crippen molar-refractivity contribution in [1.29, 1.82) is 0 Å². The topological polar surface area (TPSA) is 0 Å². The van der Waals surface area contributed by atoms with Gasteiger partial charge in [0.1, 0.15) is 0 Å². The van der Waals surface area contributed by atoms with E-state index < -0.39 is 0 Å². The maximum absolute atomic E-state index is 5.87. The molecule has 18 heavy (non-hydrogen) atoms. The lowest BCUT2D eigenvalue weighted by Gasteiger charge is -2.06. The first-order valence-corrected chi connectivity index (χ1v) is 6.60. The van der Waals surface area contributed by atoms with Gasteiger partial charge >= 0.3 is 0 Å². The summed E-state index contributed by atoms with van der Waals surface area (Å²) in [5.41, 5.74) is 2.41. The number of hydrogen-bond donors (Lipinski definition) is 0. The van der Waals surface area contributed by atoms with Crippen LogP contribution >= 0.6 is 23.2 Å². The Labute approximate surface area is 118 Å². The minimum Gasteiger partial charge on any atom is -0.0843 e. The average Bonchev–Trinajstić information content (AvgIpc) is 2.38. The lowest BCUT2D eigenvalue weighted by Crippen LogP contribution is -1.87. The van der Waals surface area contributed by atoms with Crippen molar-refractivity contribution < 1.29 is 0 Å². The maximum atomic E-state index is 5.87. The molecule has 0 radical (unpaired) electrons. The van der Waals surface area contributed by atoms with Crippen LogP contribution in [0.1, 0.15) is 24.0 Å². The molecular weight excluding hydrogens is 263 g/mol. The molecular formula is C16H14Cl2. The quantitative estimate of drug-likeness (QED) is 0.664. The Hall–Kier alpha value is -1.24. The monoisotopic (exact) mass is 276 g/mol. The van der Waals surface area contributed by atoms with E-state index in [2.05, 4.69) is 31.2 Å². The second kappa shape index (κ2) is 6.08. The zero-order valence-corrected chi connectivity index (χ0v) is 11.6. The van der Waals surface area contributed by atoms with Crippen LogP contribution in [0.4, 0.5) is 0 Å². The first-order chi connectivity index (χ1) is 8.65. The van der Waals surface area contributed by atoms with Gasteiger partial charge in [-0.05, 0) is 41.3 Å². The molecule has 0 spiro atoms. The fourth-order valence-electron chi connectivity index (χ4n) is 1.71. The zero-order chi connectivity index (χ0) is 13.0. The highest BCUT2D eigenvalue weighted by Gasteiger charge is 2.00. The zero-order valence-electron chi connectivity index (χ0n) is 10.1. The van der Waals surface area contributed by atoms with Crippen LogP contribution in [-0.2, 0) is 0 Å². The van der Waals surface area contributed by atoms with Crippen LogP contribution in [0.25, 0.3) is 6.08 Å². The van der Waals surface area contributed by atoms with E-state index in [9.17, 15) is 0 Å². The first kappa shape index (κ1) is 13.2. The Morgan fingerprint density at radius 2 is 1.33 bits per heavy atom. The first-order valence-electron chi connectivity index (χ1n) is 5.84. The molecule has 2 aromatic rings. The highest BCUT2D eigenvalue weighted by molar-refractivity contribution is 6.30. The van der Waals surface area contributed by atoms with E-state index in [4.69, 9.17) is 23.2 Å². The largest absolute Gasteiger partial charge is 0.0843 e. The van der Waals surface area contributed by atoms with E-state index in [1.54, 1.807) is 0 Å². The predicted octanol–water partition coefficient (Wildman–Crippen LogP) is 5.81. The number of benzene rings is 2. The van der Waals surface area contributed by atoms with Crippen molar-refractivity contribution in [3.63, 3.8) is 0 Å². The Morgan fingerprint density at radius 3 is 1.89 bits per heavy atom. The SMILES string of the molecule is C[C@@H](/C=C/c1ccc(Cl)cc1)c1ccc(Cl)cc1. The fraction of sp³-hybridized carbons (Fsp3) is 0.125. The van der Waals surface area contributed by atoms with E-state index in [0.29, 0.717) is 5.92 Å². The molecule has 0 nitrogen and oxygen atoms in total. The molecule has 0 unspecified atom stereocenters. The lowest BCUT2D eigenvalue weighted by molar-refractivity contribution is 0.973. The van der Waals surface area contributed by atoms with Crippen molar-refractivity contribution in [2.24, 2.45) is 0 Å². The van der Waals surface area contributed by atoms with Crippen LogP contribution in [0, 0.1) is 0 Å². The minimum atomic E-state index is 0.359. The van der Waals surface area contributed by atoms with E-state index >= 15 is 0 Å². The smallest absolute Gasteiger partial charge is 0.0406 e. The summed E-state index contributed by atoms with van der Waals surface area (Å²) in [6, 6.07) is 15.8. The summed E-state index contributed by atoms with van der Waals surface area (Å²) in [4.78, 5) is 0. The second-order valence-corrected chi connectivity index (χ2v) is 5.12. The van der Waals surface area contributed by atoms with Crippen molar-refractivity contribution in [3.05, 3.63) is 75.8 Å². The summed E-state index contributed by atoms with van der Waals surface area (Å²) in [5, 5.41) is 1.53. The van der Waals surface area contributed by atoms with Gasteiger partial charge in [0.05, 0.1) is 0 Å². The van der Waals surface area contributed by atoms with E-state index in [0.717, 1.165) is 15.6 Å². The molecule has 0 saturated carbocycles. The molecule has 0 fully saturated rings. The third-order valence-corrected chi connectivity index (χ3v) is 3.35. The van der Waals surface area contributed by atoms with Crippen LogP contribution in [0.5, 0.6) is 0 Å². The highest BCUT2D eigenvalue weighted by atomic mass is 35.5. The number of halogens is 2. The van der Waals surface area contributed by atoms with Crippen LogP contribution in [0.2, 0.25) is 10.0 Å². The highest BCUT2D eigenvalue weighted by Crippen LogP contribution is 2.20. The van der Waals surface area contributed by atoms with Crippen LogP contribution in [-0.4, -0.2) is 0 Å². The molecule has 1 atom stereocenters. The summed E-state index contributed by atoms with van der Waals surface area (Å²) in [7, 11) is 0. The van der Waals surface area contributed by atoms with Gasteiger partial charge in [0.15, 0.2) is 0 Å². The van der Waals surface area contributed by atoms with Gasteiger partial charge < -0.3 is 0 Å². The van der Waals surface area contributed by atoms with Crippen LogP contribution < -0.4 is 0 Å². The van der Waals surface area contributed by atoms with Crippen LogP contribution in [0.3, 0.4) is 0 Å². The molecule has 0 aliphatic heterocycles. The Bertz CT molecular complexity index is 524. The van der Waals surface area contributed by atoms with E-state index in [1.807, 2.05) is 36.4 Å². The van der Waals surface area contributed by atoms with Crippen molar-refractivity contribution in [3.8, 4) is 0 Å². The maximum Gasteiger partial charge on any atom is 0.0406 e. The lowest BCUT2D eigenvalue weighted by atomic mass is 10.00. The van der Waals surface area contributed by atoms with Gasteiger partial charge in [-0.25, -0.2) is 0 Å². The van der Waals surface area contributed by atoms with Gasteiger partial charge in [-0.2, -0.15) is 0 Å². The number of hydrogen-bond acceptors (Lipinski definition) is 0. The summed E-state index contributed by atoms with van der Waals surface area (Å²) in [6.45, 7) is 2.16. The van der Waals surface area contributed by atoms with Crippen molar-refractivity contribution in [2.45, 2.75) is 12.8 Å². The van der Waals surface area contributed by atoms with Gasteiger partial charge in [0.2, 0.25) is 0 Å². The van der Waals surface area contributed by atoms with Gasteiger partial charge in [0.25, 0.3) is 0 Å². The van der Waals surface area contributed by atoms with Gasteiger partial charge in [-0.15, -0.1) is 0 Å². The summed E-state index contributed by atoms with van der Waals surface area (Å²) >= 11 is 11.7. The van der Waals surface area contributed by atoms with Gasteiger partial charge in [0, 0.05) is 10.0 Å². The average molecular weight is 277 g/mol. The molecule has 0 N–H and O–H groups in total. The number of allylic oxidation sites excluding steroid dienone is 1. The third-order valence-electron chi connectivity index (χ3n) is 2.84. The van der Waals surface area contributed by atoms with Crippen molar-refractivity contribution in [1.82, 2.24) is 0 Å².